The highest BCUT2D eigenvalue weighted by atomic mass is 32.1. The second-order valence-electron chi connectivity index (χ2n) is 3.45. The largest absolute Gasteiger partial charge is 0.487 e. The molecular formula is C11H13N3O2S. The summed E-state index contributed by atoms with van der Waals surface area (Å²) in [4.78, 5) is 0. The highest BCUT2D eigenvalue weighted by Gasteiger charge is 2.07. The Kier molecular flexibility index (Phi) is 3.89. The third-order valence-corrected chi connectivity index (χ3v) is 2.90. The summed E-state index contributed by atoms with van der Waals surface area (Å²) in [5.41, 5.74) is 7.29. The van der Waals surface area contributed by atoms with Gasteiger partial charge in [-0.2, -0.15) is 0 Å². The van der Waals surface area contributed by atoms with Gasteiger partial charge in [-0.15, -0.1) is 5.10 Å². The lowest BCUT2D eigenvalue weighted by molar-refractivity contribution is 0.282. The quantitative estimate of drug-likeness (QED) is 0.835. The zero-order valence-corrected chi connectivity index (χ0v) is 9.98. The number of nitrogens with two attached hydrogens (primary N) is 1. The standard InChI is InChI=1S/C11H13N3O2S/c12-11-9(13-14-17-11)7-16-10-4-2-1-3-8(10)5-6-15/h1-4,15H,5-7,12H2. The molecule has 0 aliphatic rings. The summed E-state index contributed by atoms with van der Waals surface area (Å²) in [6.45, 7) is 0.394. The summed E-state index contributed by atoms with van der Waals surface area (Å²) in [5.74, 6) is 0.744. The molecule has 6 heteroatoms. The molecule has 0 unspecified atom stereocenters. The van der Waals surface area contributed by atoms with Crippen LogP contribution in [0.2, 0.25) is 0 Å². The third kappa shape index (κ3) is 2.92. The Morgan fingerprint density at radius 2 is 2.18 bits per heavy atom. The fraction of sp³-hybridized carbons (Fsp3) is 0.273. The molecule has 3 N–H and O–H groups in total. The maximum atomic E-state index is 8.94. The van der Waals surface area contributed by atoms with Gasteiger partial charge in [-0.05, 0) is 18.1 Å². The third-order valence-electron chi connectivity index (χ3n) is 2.30. The van der Waals surface area contributed by atoms with Crippen molar-refractivity contribution in [2.45, 2.75) is 13.0 Å². The number of benzene rings is 1. The number of rotatable bonds is 5. The molecule has 0 fully saturated rings. The first kappa shape index (κ1) is 11.8. The van der Waals surface area contributed by atoms with E-state index in [2.05, 4.69) is 9.59 Å². The first-order valence-corrected chi connectivity index (χ1v) is 5.97. The van der Waals surface area contributed by atoms with Gasteiger partial charge in [-0.25, -0.2) is 0 Å². The fourth-order valence-corrected chi connectivity index (χ4v) is 1.87. The molecule has 1 aromatic heterocycles. The fourth-order valence-electron chi connectivity index (χ4n) is 1.43. The molecule has 2 aromatic rings. The number of aliphatic hydroxyl groups is 1. The van der Waals surface area contributed by atoms with Gasteiger partial charge in [-0.1, -0.05) is 22.7 Å². The molecule has 5 nitrogen and oxygen atoms in total. The van der Waals surface area contributed by atoms with E-state index in [9.17, 15) is 0 Å². The van der Waals surface area contributed by atoms with Gasteiger partial charge in [0.2, 0.25) is 0 Å². The average molecular weight is 251 g/mol. The Hall–Kier alpha value is -1.66. The van der Waals surface area contributed by atoms with Crippen molar-refractivity contribution in [1.82, 2.24) is 9.59 Å². The maximum absolute atomic E-state index is 8.94. The molecule has 0 saturated carbocycles. The molecule has 0 aliphatic carbocycles. The van der Waals surface area contributed by atoms with Gasteiger partial charge in [0.05, 0.1) is 0 Å². The van der Waals surface area contributed by atoms with E-state index in [4.69, 9.17) is 15.6 Å². The van der Waals surface area contributed by atoms with Crippen LogP contribution in [0.5, 0.6) is 5.75 Å². The number of aromatic nitrogens is 2. The normalized spacial score (nSPS) is 10.4. The Balaban J connectivity index is 2.06. The van der Waals surface area contributed by atoms with Crippen molar-refractivity contribution in [2.75, 3.05) is 12.3 Å². The number of ether oxygens (including phenoxy) is 1. The van der Waals surface area contributed by atoms with Gasteiger partial charge in [-0.3, -0.25) is 0 Å². The van der Waals surface area contributed by atoms with Crippen LogP contribution in [0.15, 0.2) is 24.3 Å². The molecule has 17 heavy (non-hydrogen) atoms. The molecule has 0 spiro atoms. The molecule has 1 aromatic carbocycles. The Morgan fingerprint density at radius 1 is 1.35 bits per heavy atom. The Bertz CT molecular complexity index is 487. The monoisotopic (exact) mass is 251 g/mol. The molecule has 0 atom stereocenters. The average Bonchev–Trinajstić information content (AvgIpc) is 2.74. The van der Waals surface area contributed by atoms with Gasteiger partial charge in [0.1, 0.15) is 23.1 Å². The van der Waals surface area contributed by atoms with E-state index < -0.39 is 0 Å². The zero-order valence-electron chi connectivity index (χ0n) is 9.17. The molecule has 0 bridgehead atoms. The lowest BCUT2D eigenvalue weighted by Crippen LogP contribution is -2.02. The predicted molar refractivity (Wildman–Crippen MR) is 65.9 cm³/mol. The lowest BCUT2D eigenvalue weighted by atomic mass is 10.1. The van der Waals surface area contributed by atoms with Crippen molar-refractivity contribution in [3.63, 3.8) is 0 Å². The second kappa shape index (κ2) is 5.60. The maximum Gasteiger partial charge on any atom is 0.136 e. The molecule has 0 amide bonds. The highest BCUT2D eigenvalue weighted by molar-refractivity contribution is 7.09. The summed E-state index contributed by atoms with van der Waals surface area (Å²) >= 11 is 1.15. The van der Waals surface area contributed by atoms with Crippen LogP contribution in [0.1, 0.15) is 11.3 Å². The van der Waals surface area contributed by atoms with Crippen molar-refractivity contribution < 1.29 is 9.84 Å². The summed E-state index contributed by atoms with van der Waals surface area (Å²) in [6.07, 6.45) is 0.570. The molecule has 0 aliphatic heterocycles. The lowest BCUT2D eigenvalue weighted by Gasteiger charge is -2.09. The van der Waals surface area contributed by atoms with E-state index in [1.807, 2.05) is 24.3 Å². The number of hydrogen-bond donors (Lipinski definition) is 2. The predicted octanol–water partition coefficient (Wildman–Crippen LogP) is 1.23. The first-order chi connectivity index (χ1) is 8.31. The van der Waals surface area contributed by atoms with Crippen LogP contribution in [0, 0.1) is 0 Å². The van der Waals surface area contributed by atoms with Crippen LogP contribution in [-0.4, -0.2) is 21.3 Å². The number of anilines is 1. The van der Waals surface area contributed by atoms with E-state index in [1.165, 1.54) is 0 Å². The topological polar surface area (TPSA) is 81.3 Å². The molecule has 2 rings (SSSR count). The van der Waals surface area contributed by atoms with Gasteiger partial charge in [0, 0.05) is 18.1 Å². The number of nitrogens with zero attached hydrogens (tertiary/aromatic N) is 2. The summed E-state index contributed by atoms with van der Waals surface area (Å²) in [5, 5.41) is 13.4. The van der Waals surface area contributed by atoms with Crippen molar-refractivity contribution >= 4 is 16.5 Å². The highest BCUT2D eigenvalue weighted by Crippen LogP contribution is 2.21. The first-order valence-electron chi connectivity index (χ1n) is 5.19. The molecular weight excluding hydrogens is 238 g/mol. The van der Waals surface area contributed by atoms with Gasteiger partial charge >= 0.3 is 0 Å². The van der Waals surface area contributed by atoms with Crippen molar-refractivity contribution in [1.29, 1.82) is 0 Å². The minimum atomic E-state index is 0.0980. The van der Waals surface area contributed by atoms with Crippen molar-refractivity contribution in [2.24, 2.45) is 0 Å². The number of para-hydroxylation sites is 1. The van der Waals surface area contributed by atoms with E-state index >= 15 is 0 Å². The van der Waals surface area contributed by atoms with E-state index in [0.29, 0.717) is 23.7 Å². The summed E-state index contributed by atoms with van der Waals surface area (Å²) in [7, 11) is 0. The van der Waals surface area contributed by atoms with Crippen molar-refractivity contribution in [3.05, 3.63) is 35.5 Å². The molecule has 0 radical (unpaired) electrons. The van der Waals surface area contributed by atoms with E-state index in [-0.39, 0.29) is 6.61 Å². The second-order valence-corrected chi connectivity index (χ2v) is 4.24. The van der Waals surface area contributed by atoms with E-state index in [1.54, 1.807) is 0 Å². The SMILES string of the molecule is Nc1snnc1COc1ccccc1CCO. The van der Waals surface area contributed by atoms with Crippen LogP contribution in [0.3, 0.4) is 0 Å². The number of aliphatic hydroxyl groups excluding tert-OH is 1. The molecule has 1 heterocycles. The van der Waals surface area contributed by atoms with Crippen LogP contribution >= 0.6 is 11.5 Å². The Morgan fingerprint density at radius 3 is 2.88 bits per heavy atom. The Labute approximate surface area is 103 Å². The number of nitrogen functional groups attached to an aromatic ring is 1. The smallest absolute Gasteiger partial charge is 0.136 e. The van der Waals surface area contributed by atoms with Crippen LogP contribution < -0.4 is 10.5 Å². The zero-order chi connectivity index (χ0) is 12.1. The van der Waals surface area contributed by atoms with Gasteiger partial charge < -0.3 is 15.6 Å². The van der Waals surface area contributed by atoms with E-state index in [0.717, 1.165) is 22.8 Å². The van der Waals surface area contributed by atoms with Crippen LogP contribution in [-0.2, 0) is 13.0 Å². The summed E-state index contributed by atoms with van der Waals surface area (Å²) < 4.78 is 9.37. The van der Waals surface area contributed by atoms with Gasteiger partial charge in [0.25, 0.3) is 0 Å². The van der Waals surface area contributed by atoms with Crippen molar-refractivity contribution in [3.8, 4) is 5.75 Å². The minimum absolute atomic E-state index is 0.0980. The van der Waals surface area contributed by atoms with Gasteiger partial charge in [0.15, 0.2) is 0 Å². The van der Waals surface area contributed by atoms with Crippen LogP contribution in [0.25, 0.3) is 0 Å². The minimum Gasteiger partial charge on any atom is -0.487 e. The number of hydrogen-bond acceptors (Lipinski definition) is 6. The summed E-state index contributed by atoms with van der Waals surface area (Å²) in [6, 6.07) is 7.59. The van der Waals surface area contributed by atoms with Crippen LogP contribution in [0.4, 0.5) is 5.00 Å². The molecule has 0 saturated heterocycles. The molecule has 90 valence electrons.